The molecule has 0 aliphatic heterocycles. The molecule has 0 amide bonds. The van der Waals surface area contributed by atoms with Crippen molar-refractivity contribution in [3.8, 4) is 17.2 Å². The van der Waals surface area contributed by atoms with Crippen LogP contribution in [-0.4, -0.2) is 17.9 Å². The largest absolute Gasteiger partial charge is 0.489 e. The molecular weight excluding hydrogens is 568 g/mol. The van der Waals surface area contributed by atoms with Crippen LogP contribution in [0.15, 0.2) is 127 Å². The zero-order chi connectivity index (χ0) is 31.2. The minimum Gasteiger partial charge on any atom is -0.489 e. The molecule has 6 aromatic carbocycles. The summed E-state index contributed by atoms with van der Waals surface area (Å²) in [6.45, 7) is 1.68. The first-order valence-electron chi connectivity index (χ1n) is 14.3. The summed E-state index contributed by atoms with van der Waals surface area (Å²) in [4.78, 5) is 37.4. The van der Waals surface area contributed by atoms with E-state index in [1.54, 1.807) is 60.7 Å². The van der Waals surface area contributed by atoms with Gasteiger partial charge in [0, 0.05) is 36.2 Å². The number of carbonyl (C=O) groups excluding carboxylic acids is 3. The number of esters is 3. The van der Waals surface area contributed by atoms with Gasteiger partial charge in [0.25, 0.3) is 0 Å². The van der Waals surface area contributed by atoms with E-state index in [0.29, 0.717) is 16.9 Å². The van der Waals surface area contributed by atoms with E-state index >= 15 is 0 Å². The highest BCUT2D eigenvalue weighted by atomic mass is 16.6. The topological polar surface area (TPSA) is 88.1 Å². The molecule has 6 rings (SSSR count). The Morgan fingerprint density at radius 3 is 1.29 bits per heavy atom. The van der Waals surface area contributed by atoms with E-state index in [2.05, 4.69) is 0 Å². The normalized spacial score (nSPS) is 10.8. The summed E-state index contributed by atoms with van der Waals surface area (Å²) < 4.78 is 23.1. The van der Waals surface area contributed by atoms with Crippen molar-refractivity contribution in [3.05, 3.63) is 150 Å². The SMILES string of the molecule is CC(=O)OCc1c2ccccc2c(COc2cc(OC(=O)c3ccccc3)cc(OC(=O)c3ccccc3)c2)c2ccccc12. The van der Waals surface area contributed by atoms with E-state index in [4.69, 9.17) is 18.9 Å². The average Bonchev–Trinajstić information content (AvgIpc) is 3.06. The van der Waals surface area contributed by atoms with Gasteiger partial charge < -0.3 is 18.9 Å². The van der Waals surface area contributed by atoms with E-state index in [-0.39, 0.29) is 30.7 Å². The Balaban J connectivity index is 1.36. The standard InChI is InChI=1S/C38H28O7/c1-25(39)42-23-35-31-16-8-10-18-33(31)36(34-19-11-9-17-32(34)35)24-43-28-20-29(44-37(40)26-12-4-2-5-13-26)22-30(21-28)45-38(41)27-14-6-3-7-15-27/h2-22H,23-24H2,1H3. The molecule has 0 saturated carbocycles. The molecule has 0 heterocycles. The Morgan fingerprint density at radius 1 is 0.489 bits per heavy atom. The van der Waals surface area contributed by atoms with Crippen LogP contribution in [0.4, 0.5) is 0 Å². The van der Waals surface area contributed by atoms with Gasteiger partial charge in [0.05, 0.1) is 11.1 Å². The Bertz CT molecular complexity index is 1890. The van der Waals surface area contributed by atoms with E-state index in [0.717, 1.165) is 32.7 Å². The molecule has 0 N–H and O–H groups in total. The van der Waals surface area contributed by atoms with Crippen LogP contribution in [-0.2, 0) is 22.7 Å². The number of ether oxygens (including phenoxy) is 4. The smallest absolute Gasteiger partial charge is 0.343 e. The van der Waals surface area contributed by atoms with E-state index in [1.165, 1.54) is 13.0 Å². The molecule has 0 fully saturated rings. The fourth-order valence-electron chi connectivity index (χ4n) is 5.18. The monoisotopic (exact) mass is 596 g/mol. The van der Waals surface area contributed by atoms with Gasteiger partial charge in [0.15, 0.2) is 0 Å². The van der Waals surface area contributed by atoms with Gasteiger partial charge in [-0.25, -0.2) is 9.59 Å². The van der Waals surface area contributed by atoms with E-state index < -0.39 is 11.9 Å². The fourth-order valence-corrected chi connectivity index (χ4v) is 5.18. The van der Waals surface area contributed by atoms with Crippen molar-refractivity contribution in [2.24, 2.45) is 0 Å². The summed E-state index contributed by atoms with van der Waals surface area (Å²) in [5, 5.41) is 3.78. The van der Waals surface area contributed by atoms with E-state index in [9.17, 15) is 14.4 Å². The summed E-state index contributed by atoms with van der Waals surface area (Å²) in [5.74, 6) is -0.831. The van der Waals surface area contributed by atoms with Crippen LogP contribution in [0.1, 0.15) is 38.8 Å². The molecule has 0 aliphatic rings. The lowest BCUT2D eigenvalue weighted by atomic mass is 9.92. The number of benzene rings is 6. The van der Waals surface area contributed by atoms with Gasteiger partial charge in [-0.2, -0.15) is 0 Å². The predicted octanol–water partition coefficient (Wildman–Crippen LogP) is 8.07. The summed E-state index contributed by atoms with van der Waals surface area (Å²) in [7, 11) is 0. The first-order chi connectivity index (χ1) is 22.0. The molecule has 45 heavy (non-hydrogen) atoms. The maximum atomic E-state index is 12.9. The molecule has 0 atom stereocenters. The number of fused-ring (bicyclic) bond motifs is 2. The molecule has 0 saturated heterocycles. The quantitative estimate of drug-likeness (QED) is 0.0947. The molecule has 0 bridgehead atoms. The number of carbonyl (C=O) groups is 3. The second kappa shape index (κ2) is 13.1. The first-order valence-corrected chi connectivity index (χ1v) is 14.3. The average molecular weight is 597 g/mol. The molecule has 0 aliphatic carbocycles. The third-order valence-electron chi connectivity index (χ3n) is 7.25. The maximum absolute atomic E-state index is 12.9. The van der Waals surface area contributed by atoms with Crippen molar-refractivity contribution in [1.82, 2.24) is 0 Å². The molecule has 0 radical (unpaired) electrons. The minimum absolute atomic E-state index is 0.141. The molecule has 0 spiro atoms. The highest BCUT2D eigenvalue weighted by molar-refractivity contribution is 6.05. The van der Waals surface area contributed by atoms with Crippen LogP contribution in [0.3, 0.4) is 0 Å². The first kappa shape index (κ1) is 29.1. The van der Waals surface area contributed by atoms with Gasteiger partial charge in [-0.1, -0.05) is 84.9 Å². The molecule has 222 valence electrons. The van der Waals surface area contributed by atoms with Gasteiger partial charge in [-0.3, -0.25) is 4.79 Å². The highest BCUT2D eigenvalue weighted by Gasteiger charge is 2.17. The van der Waals surface area contributed by atoms with E-state index in [1.807, 2.05) is 60.7 Å². The lowest BCUT2D eigenvalue weighted by Gasteiger charge is -2.18. The van der Waals surface area contributed by atoms with Crippen molar-refractivity contribution in [3.63, 3.8) is 0 Å². The molecule has 7 heteroatoms. The molecule has 0 unspecified atom stereocenters. The summed E-state index contributed by atoms with van der Waals surface area (Å²) >= 11 is 0. The van der Waals surface area contributed by atoms with Crippen LogP contribution in [0.5, 0.6) is 17.2 Å². The summed E-state index contributed by atoms with van der Waals surface area (Å²) in [6, 6.07) is 37.6. The molecule has 0 aromatic heterocycles. The van der Waals surface area contributed by atoms with Crippen LogP contribution in [0.25, 0.3) is 21.5 Å². The molecule has 7 nitrogen and oxygen atoms in total. The number of hydrogen-bond donors (Lipinski definition) is 0. The van der Waals surface area contributed by atoms with Crippen molar-refractivity contribution >= 4 is 39.5 Å². The van der Waals surface area contributed by atoms with Crippen LogP contribution in [0.2, 0.25) is 0 Å². The summed E-state index contributed by atoms with van der Waals surface area (Å²) in [5.41, 5.74) is 2.57. The second-order valence-corrected chi connectivity index (χ2v) is 10.3. The Labute approximate surface area is 259 Å². The fraction of sp³-hybridized carbons (Fsp3) is 0.0789. The van der Waals surface area contributed by atoms with Crippen molar-refractivity contribution < 1.29 is 33.3 Å². The van der Waals surface area contributed by atoms with Crippen LogP contribution >= 0.6 is 0 Å². The zero-order valence-corrected chi connectivity index (χ0v) is 24.4. The highest BCUT2D eigenvalue weighted by Crippen LogP contribution is 2.35. The lowest BCUT2D eigenvalue weighted by molar-refractivity contribution is -0.142. The third kappa shape index (κ3) is 6.68. The van der Waals surface area contributed by atoms with Crippen molar-refractivity contribution in [2.75, 3.05) is 0 Å². The Kier molecular flexibility index (Phi) is 8.51. The molecular formula is C38H28O7. The van der Waals surface area contributed by atoms with Crippen molar-refractivity contribution in [1.29, 1.82) is 0 Å². The third-order valence-corrected chi connectivity index (χ3v) is 7.25. The summed E-state index contributed by atoms with van der Waals surface area (Å²) in [6.07, 6.45) is 0. The Morgan fingerprint density at radius 2 is 0.867 bits per heavy atom. The minimum atomic E-state index is -0.562. The van der Waals surface area contributed by atoms with Gasteiger partial charge in [0.1, 0.15) is 30.5 Å². The van der Waals surface area contributed by atoms with Gasteiger partial charge in [-0.15, -0.1) is 0 Å². The second-order valence-electron chi connectivity index (χ2n) is 10.3. The number of rotatable bonds is 9. The van der Waals surface area contributed by atoms with Crippen molar-refractivity contribution in [2.45, 2.75) is 20.1 Å². The van der Waals surface area contributed by atoms with Gasteiger partial charge in [-0.05, 0) is 45.8 Å². The lowest BCUT2D eigenvalue weighted by Crippen LogP contribution is -2.10. The Hall–Kier alpha value is -5.95. The van der Waals surface area contributed by atoms with Crippen LogP contribution < -0.4 is 14.2 Å². The molecule has 6 aromatic rings. The van der Waals surface area contributed by atoms with Crippen LogP contribution in [0, 0.1) is 0 Å². The van der Waals surface area contributed by atoms with Gasteiger partial charge in [0.2, 0.25) is 0 Å². The predicted molar refractivity (Wildman–Crippen MR) is 170 cm³/mol. The number of hydrogen-bond acceptors (Lipinski definition) is 7. The van der Waals surface area contributed by atoms with Gasteiger partial charge >= 0.3 is 17.9 Å². The zero-order valence-electron chi connectivity index (χ0n) is 24.4. The maximum Gasteiger partial charge on any atom is 0.343 e.